The fraction of sp³-hybridized carbons (Fsp3) is 0.467. The van der Waals surface area contributed by atoms with Crippen LogP contribution in [0.15, 0.2) is 15.0 Å². The van der Waals surface area contributed by atoms with Crippen molar-refractivity contribution in [2.24, 2.45) is 0 Å². The Balaban J connectivity index is 2.05. The second-order valence-electron chi connectivity index (χ2n) is 5.01. The highest BCUT2D eigenvalue weighted by Crippen LogP contribution is 2.22. The normalized spacial score (nSPS) is 12.4. The minimum absolute atomic E-state index is 0.0724. The van der Waals surface area contributed by atoms with Gasteiger partial charge in [0.25, 0.3) is 0 Å². The number of esters is 1. The van der Waals surface area contributed by atoms with Crippen molar-refractivity contribution in [2.45, 2.75) is 40.3 Å². The molecule has 0 aromatic carbocycles. The summed E-state index contributed by atoms with van der Waals surface area (Å²) in [5, 5.41) is 7.28. The van der Waals surface area contributed by atoms with Crippen LogP contribution in [-0.2, 0) is 11.3 Å². The van der Waals surface area contributed by atoms with E-state index < -0.39 is 0 Å². The third-order valence-electron chi connectivity index (χ3n) is 3.48. The first-order valence-electron chi connectivity index (χ1n) is 6.77. The highest BCUT2D eigenvalue weighted by Gasteiger charge is 2.18. The van der Waals surface area contributed by atoms with E-state index in [0.29, 0.717) is 23.6 Å². The van der Waals surface area contributed by atoms with Gasteiger partial charge < -0.3 is 19.0 Å². The molecule has 6 nitrogen and oxygen atoms in total. The van der Waals surface area contributed by atoms with Crippen LogP contribution in [0.25, 0.3) is 0 Å². The first-order chi connectivity index (χ1) is 9.93. The number of aromatic nitrogens is 1. The van der Waals surface area contributed by atoms with E-state index in [-0.39, 0.29) is 12.0 Å². The predicted molar refractivity (Wildman–Crippen MR) is 76.0 cm³/mol. The van der Waals surface area contributed by atoms with Crippen molar-refractivity contribution in [3.05, 3.63) is 40.2 Å². The molecule has 0 aliphatic carbocycles. The highest BCUT2D eigenvalue weighted by atomic mass is 16.5. The number of rotatable bonds is 5. The quantitative estimate of drug-likeness (QED) is 0.854. The van der Waals surface area contributed by atoms with Crippen LogP contribution in [0.2, 0.25) is 0 Å². The predicted octanol–water partition coefficient (Wildman–Crippen LogP) is 2.83. The van der Waals surface area contributed by atoms with Crippen molar-refractivity contribution in [1.29, 1.82) is 0 Å². The molecule has 0 spiro atoms. The number of hydrogen-bond donors (Lipinski definition) is 1. The Labute approximate surface area is 123 Å². The van der Waals surface area contributed by atoms with Gasteiger partial charge in [-0.15, -0.1) is 0 Å². The molecule has 1 atom stereocenters. The van der Waals surface area contributed by atoms with E-state index in [1.54, 1.807) is 13.0 Å². The number of nitrogens with one attached hydrogen (secondary N) is 1. The largest absolute Gasteiger partial charge is 0.465 e. The topological polar surface area (TPSA) is 77.5 Å². The summed E-state index contributed by atoms with van der Waals surface area (Å²) in [5.74, 6) is 1.66. The fourth-order valence-electron chi connectivity index (χ4n) is 2.41. The molecular weight excluding hydrogens is 272 g/mol. The molecule has 0 fully saturated rings. The van der Waals surface area contributed by atoms with Crippen LogP contribution < -0.4 is 5.32 Å². The molecule has 0 bridgehead atoms. The number of ether oxygens (including phenoxy) is 1. The van der Waals surface area contributed by atoms with E-state index in [1.807, 2.05) is 20.8 Å². The number of furan rings is 1. The van der Waals surface area contributed by atoms with Crippen LogP contribution in [0.1, 0.15) is 51.9 Å². The second kappa shape index (κ2) is 6.13. The highest BCUT2D eigenvalue weighted by molar-refractivity contribution is 5.90. The van der Waals surface area contributed by atoms with Gasteiger partial charge in [0.15, 0.2) is 0 Å². The summed E-state index contributed by atoms with van der Waals surface area (Å²) in [6.45, 7) is 8.08. The van der Waals surface area contributed by atoms with E-state index in [4.69, 9.17) is 13.7 Å². The van der Waals surface area contributed by atoms with Gasteiger partial charge in [0.2, 0.25) is 0 Å². The molecule has 0 amide bonds. The molecule has 0 saturated heterocycles. The Morgan fingerprint density at radius 3 is 2.67 bits per heavy atom. The third-order valence-corrected chi connectivity index (χ3v) is 3.48. The van der Waals surface area contributed by atoms with Crippen molar-refractivity contribution in [1.82, 2.24) is 10.5 Å². The van der Waals surface area contributed by atoms with Crippen molar-refractivity contribution >= 4 is 5.97 Å². The maximum atomic E-state index is 11.5. The van der Waals surface area contributed by atoms with Gasteiger partial charge in [-0.1, -0.05) is 5.16 Å². The van der Waals surface area contributed by atoms with Gasteiger partial charge in [-0.3, -0.25) is 0 Å². The average molecular weight is 292 g/mol. The Hall–Kier alpha value is -2.08. The first-order valence-corrected chi connectivity index (χ1v) is 6.77. The first kappa shape index (κ1) is 15.3. The molecule has 0 aliphatic heterocycles. The van der Waals surface area contributed by atoms with Gasteiger partial charge in [0.05, 0.1) is 19.3 Å². The lowest BCUT2D eigenvalue weighted by molar-refractivity contribution is 0.0599. The van der Waals surface area contributed by atoms with Gasteiger partial charge in [-0.05, 0) is 33.8 Å². The minimum Gasteiger partial charge on any atom is -0.465 e. The van der Waals surface area contributed by atoms with E-state index in [9.17, 15) is 4.79 Å². The Kier molecular flexibility index (Phi) is 4.47. The average Bonchev–Trinajstić information content (AvgIpc) is 2.98. The SMILES string of the molecule is COC(=O)c1cc(CNC(C)c2c(C)noc2C)oc1C. The molecule has 114 valence electrons. The monoisotopic (exact) mass is 292 g/mol. The van der Waals surface area contributed by atoms with Gasteiger partial charge in [0.1, 0.15) is 22.8 Å². The summed E-state index contributed by atoms with van der Waals surface area (Å²) in [6.07, 6.45) is 0. The van der Waals surface area contributed by atoms with Crippen LogP contribution in [-0.4, -0.2) is 18.2 Å². The Morgan fingerprint density at radius 2 is 2.10 bits per heavy atom. The maximum absolute atomic E-state index is 11.5. The molecule has 6 heteroatoms. The van der Waals surface area contributed by atoms with Crippen LogP contribution in [0, 0.1) is 20.8 Å². The molecule has 2 aromatic heterocycles. The summed E-state index contributed by atoms with van der Waals surface area (Å²) in [4.78, 5) is 11.5. The van der Waals surface area contributed by atoms with Crippen LogP contribution in [0.3, 0.4) is 0 Å². The number of nitrogens with zero attached hydrogens (tertiary/aromatic N) is 1. The van der Waals surface area contributed by atoms with Gasteiger partial charge in [0, 0.05) is 11.6 Å². The zero-order valence-corrected chi connectivity index (χ0v) is 12.9. The molecule has 2 rings (SSSR count). The lowest BCUT2D eigenvalue weighted by Crippen LogP contribution is -2.18. The zero-order chi connectivity index (χ0) is 15.6. The summed E-state index contributed by atoms with van der Waals surface area (Å²) < 4.78 is 15.4. The van der Waals surface area contributed by atoms with E-state index in [0.717, 1.165) is 17.0 Å². The molecule has 21 heavy (non-hydrogen) atoms. The molecule has 2 aromatic rings. The molecule has 0 saturated carbocycles. The van der Waals surface area contributed by atoms with Crippen molar-refractivity contribution in [3.63, 3.8) is 0 Å². The van der Waals surface area contributed by atoms with Crippen molar-refractivity contribution in [2.75, 3.05) is 7.11 Å². The summed E-state index contributed by atoms with van der Waals surface area (Å²) >= 11 is 0. The van der Waals surface area contributed by atoms with E-state index in [2.05, 4.69) is 10.5 Å². The molecule has 1 N–H and O–H groups in total. The lowest BCUT2D eigenvalue weighted by Gasteiger charge is -2.12. The van der Waals surface area contributed by atoms with E-state index >= 15 is 0 Å². The van der Waals surface area contributed by atoms with Crippen LogP contribution >= 0.6 is 0 Å². The lowest BCUT2D eigenvalue weighted by atomic mass is 10.1. The summed E-state index contributed by atoms with van der Waals surface area (Å²) in [6, 6.07) is 1.78. The van der Waals surface area contributed by atoms with Crippen LogP contribution in [0.4, 0.5) is 0 Å². The standard InChI is InChI=1S/C15H20N2O4/c1-8(14-9(2)17-21-11(14)4)16-7-12-6-13(10(3)20-12)15(18)19-5/h6,8,16H,7H2,1-5H3. The third kappa shape index (κ3) is 3.16. The molecule has 0 radical (unpaired) electrons. The zero-order valence-electron chi connectivity index (χ0n) is 12.9. The van der Waals surface area contributed by atoms with Crippen molar-refractivity contribution in [3.8, 4) is 0 Å². The minimum atomic E-state index is -0.388. The second-order valence-corrected chi connectivity index (χ2v) is 5.01. The number of carbonyl (C=O) groups excluding carboxylic acids is 1. The Morgan fingerprint density at radius 1 is 1.38 bits per heavy atom. The fourth-order valence-corrected chi connectivity index (χ4v) is 2.41. The smallest absolute Gasteiger partial charge is 0.341 e. The summed E-state index contributed by atoms with van der Waals surface area (Å²) in [5.41, 5.74) is 2.38. The number of methoxy groups -OCH3 is 1. The van der Waals surface area contributed by atoms with Gasteiger partial charge in [-0.25, -0.2) is 4.79 Å². The van der Waals surface area contributed by atoms with Gasteiger partial charge >= 0.3 is 5.97 Å². The molecule has 0 aliphatic rings. The Bertz CT molecular complexity index is 623. The van der Waals surface area contributed by atoms with Crippen molar-refractivity contribution < 1.29 is 18.5 Å². The van der Waals surface area contributed by atoms with E-state index in [1.165, 1.54) is 7.11 Å². The molecular formula is C15H20N2O4. The van der Waals surface area contributed by atoms with Crippen LogP contribution in [0.5, 0.6) is 0 Å². The maximum Gasteiger partial charge on any atom is 0.341 e. The van der Waals surface area contributed by atoms with Gasteiger partial charge in [-0.2, -0.15) is 0 Å². The molecule has 2 heterocycles. The number of aryl methyl sites for hydroxylation is 3. The molecule has 1 unspecified atom stereocenters. The summed E-state index contributed by atoms with van der Waals surface area (Å²) in [7, 11) is 1.35. The number of carbonyl (C=O) groups is 1. The number of hydrogen-bond acceptors (Lipinski definition) is 6.